The number of hydrogen-bond acceptors (Lipinski definition) is 3. The van der Waals surface area contributed by atoms with Gasteiger partial charge in [0.1, 0.15) is 0 Å². The van der Waals surface area contributed by atoms with Crippen molar-refractivity contribution in [2.45, 2.75) is 38.1 Å². The van der Waals surface area contributed by atoms with Gasteiger partial charge in [0.05, 0.1) is 5.56 Å². The Morgan fingerprint density at radius 3 is 2.25 bits per heavy atom. The summed E-state index contributed by atoms with van der Waals surface area (Å²) in [6.07, 6.45) is 5.84. The molecule has 0 bridgehead atoms. The molecule has 1 saturated heterocycles. The van der Waals surface area contributed by atoms with E-state index in [-0.39, 0.29) is 11.9 Å². The molecule has 3 amide bonds. The molecule has 24 heavy (non-hydrogen) atoms. The number of rotatable bonds is 2. The van der Waals surface area contributed by atoms with E-state index < -0.39 is 0 Å². The highest BCUT2D eigenvalue weighted by molar-refractivity contribution is 5.99. The third kappa shape index (κ3) is 3.80. The molecule has 2 fully saturated rings. The summed E-state index contributed by atoms with van der Waals surface area (Å²) in [5.41, 5.74) is 6.93. The summed E-state index contributed by atoms with van der Waals surface area (Å²) < 4.78 is 0. The van der Waals surface area contributed by atoms with Gasteiger partial charge in [0, 0.05) is 37.9 Å². The van der Waals surface area contributed by atoms with E-state index in [1.54, 1.807) is 17.0 Å². The predicted molar refractivity (Wildman–Crippen MR) is 93.7 cm³/mol. The van der Waals surface area contributed by atoms with Gasteiger partial charge in [-0.1, -0.05) is 31.4 Å². The number of nitrogen functional groups attached to an aromatic ring is 1. The number of nitrogens with one attached hydrogen (secondary N) is 1. The van der Waals surface area contributed by atoms with Gasteiger partial charge >= 0.3 is 6.03 Å². The first-order valence-corrected chi connectivity index (χ1v) is 8.84. The molecule has 0 spiro atoms. The number of anilines is 1. The average Bonchev–Trinajstić information content (AvgIpc) is 2.62. The topological polar surface area (TPSA) is 78.7 Å². The molecule has 0 aromatic heterocycles. The Balaban J connectivity index is 1.51. The first-order chi connectivity index (χ1) is 11.6. The molecular formula is C18H26N4O2. The fraction of sp³-hybridized carbons (Fsp3) is 0.556. The summed E-state index contributed by atoms with van der Waals surface area (Å²) in [6.45, 7) is 2.23. The van der Waals surface area contributed by atoms with E-state index in [1.807, 2.05) is 17.0 Å². The molecule has 6 nitrogen and oxygen atoms in total. The molecule has 2 aliphatic rings. The summed E-state index contributed by atoms with van der Waals surface area (Å²) in [4.78, 5) is 28.5. The molecule has 3 N–H and O–H groups in total. The van der Waals surface area contributed by atoms with E-state index in [9.17, 15) is 9.59 Å². The molecule has 1 aliphatic carbocycles. The maximum Gasteiger partial charge on any atom is 0.317 e. The lowest BCUT2D eigenvalue weighted by molar-refractivity contribution is 0.0663. The number of para-hydroxylation sites is 1. The molecule has 0 atom stereocenters. The highest BCUT2D eigenvalue weighted by Crippen LogP contribution is 2.18. The van der Waals surface area contributed by atoms with E-state index in [1.165, 1.54) is 19.3 Å². The molecule has 0 unspecified atom stereocenters. The SMILES string of the molecule is Nc1ccccc1C(=O)N1CCN(C(=O)NC2CCCCC2)CC1. The highest BCUT2D eigenvalue weighted by Gasteiger charge is 2.27. The monoisotopic (exact) mass is 330 g/mol. The number of piperazine rings is 1. The maximum atomic E-state index is 12.5. The summed E-state index contributed by atoms with van der Waals surface area (Å²) in [6, 6.07) is 7.45. The largest absolute Gasteiger partial charge is 0.398 e. The van der Waals surface area contributed by atoms with E-state index in [0.29, 0.717) is 43.5 Å². The van der Waals surface area contributed by atoms with Gasteiger partial charge in [-0.05, 0) is 25.0 Å². The van der Waals surface area contributed by atoms with E-state index in [2.05, 4.69) is 5.32 Å². The number of hydrogen-bond donors (Lipinski definition) is 2. The minimum Gasteiger partial charge on any atom is -0.398 e. The molecule has 6 heteroatoms. The molecule has 130 valence electrons. The second-order valence-electron chi connectivity index (χ2n) is 6.65. The molecule has 1 aliphatic heterocycles. The number of nitrogens with two attached hydrogens (primary N) is 1. The van der Waals surface area contributed by atoms with Crippen LogP contribution < -0.4 is 11.1 Å². The van der Waals surface area contributed by atoms with Crippen molar-refractivity contribution >= 4 is 17.6 Å². The zero-order valence-corrected chi connectivity index (χ0v) is 14.0. The zero-order chi connectivity index (χ0) is 16.9. The second-order valence-corrected chi connectivity index (χ2v) is 6.65. The molecule has 3 rings (SSSR count). The maximum absolute atomic E-state index is 12.5. The quantitative estimate of drug-likeness (QED) is 0.815. The summed E-state index contributed by atoms with van der Waals surface area (Å²) in [5.74, 6) is -0.0551. The minimum atomic E-state index is -0.0551. The normalized spacial score (nSPS) is 19.2. The first kappa shape index (κ1) is 16.6. The number of carbonyl (C=O) groups is 2. The number of amides is 3. The zero-order valence-electron chi connectivity index (χ0n) is 14.0. The van der Waals surface area contributed by atoms with Gasteiger partial charge in [0.15, 0.2) is 0 Å². The molecule has 1 aromatic rings. The van der Waals surface area contributed by atoms with E-state index in [0.717, 1.165) is 12.8 Å². The van der Waals surface area contributed by atoms with Gasteiger partial charge in [0.2, 0.25) is 0 Å². The predicted octanol–water partition coefficient (Wildman–Crippen LogP) is 2.07. The Labute approximate surface area is 143 Å². The summed E-state index contributed by atoms with van der Waals surface area (Å²) >= 11 is 0. The lowest BCUT2D eigenvalue weighted by Gasteiger charge is -2.36. The van der Waals surface area contributed by atoms with Crippen molar-refractivity contribution in [1.82, 2.24) is 15.1 Å². The number of nitrogens with zero attached hydrogens (tertiary/aromatic N) is 2. The van der Waals surface area contributed by atoms with Crippen LogP contribution in [0.15, 0.2) is 24.3 Å². The van der Waals surface area contributed by atoms with Crippen LogP contribution in [0.5, 0.6) is 0 Å². The van der Waals surface area contributed by atoms with Crippen molar-refractivity contribution in [3.05, 3.63) is 29.8 Å². The third-order valence-corrected chi connectivity index (χ3v) is 4.98. The van der Waals surface area contributed by atoms with Crippen molar-refractivity contribution in [3.63, 3.8) is 0 Å². The van der Waals surface area contributed by atoms with Crippen molar-refractivity contribution < 1.29 is 9.59 Å². The standard InChI is InChI=1S/C18H26N4O2/c19-16-9-5-4-8-15(16)17(23)21-10-12-22(13-11-21)18(24)20-14-6-2-1-3-7-14/h4-5,8-9,14H,1-3,6-7,10-13,19H2,(H,20,24). The Hall–Kier alpha value is -2.24. The number of carbonyl (C=O) groups excluding carboxylic acids is 2. The van der Waals surface area contributed by atoms with Gasteiger partial charge in [-0.15, -0.1) is 0 Å². The van der Waals surface area contributed by atoms with Gasteiger partial charge in [0.25, 0.3) is 5.91 Å². The van der Waals surface area contributed by atoms with Crippen molar-refractivity contribution in [1.29, 1.82) is 0 Å². The summed E-state index contributed by atoms with van der Waals surface area (Å²) in [5, 5.41) is 3.14. The van der Waals surface area contributed by atoms with Crippen LogP contribution in [0.3, 0.4) is 0 Å². The van der Waals surface area contributed by atoms with E-state index in [4.69, 9.17) is 5.73 Å². The Morgan fingerprint density at radius 2 is 1.58 bits per heavy atom. The van der Waals surface area contributed by atoms with Crippen LogP contribution in [-0.4, -0.2) is 54.0 Å². The van der Waals surface area contributed by atoms with Crippen LogP contribution in [0.25, 0.3) is 0 Å². The lowest BCUT2D eigenvalue weighted by Crippen LogP contribution is -2.54. The van der Waals surface area contributed by atoms with Crippen LogP contribution in [-0.2, 0) is 0 Å². The average molecular weight is 330 g/mol. The van der Waals surface area contributed by atoms with E-state index >= 15 is 0 Å². The lowest BCUT2D eigenvalue weighted by atomic mass is 9.96. The minimum absolute atomic E-state index is 0.00761. The molecule has 1 aromatic carbocycles. The van der Waals surface area contributed by atoms with Crippen LogP contribution in [0, 0.1) is 0 Å². The van der Waals surface area contributed by atoms with Crippen molar-refractivity contribution in [2.24, 2.45) is 0 Å². The van der Waals surface area contributed by atoms with Crippen LogP contribution in [0.1, 0.15) is 42.5 Å². The Bertz CT molecular complexity index is 590. The first-order valence-electron chi connectivity index (χ1n) is 8.84. The second kappa shape index (κ2) is 7.55. The fourth-order valence-electron chi connectivity index (χ4n) is 3.49. The fourth-order valence-corrected chi connectivity index (χ4v) is 3.49. The summed E-state index contributed by atoms with van der Waals surface area (Å²) in [7, 11) is 0. The van der Waals surface area contributed by atoms with Gasteiger partial charge in [-0.2, -0.15) is 0 Å². The molecule has 1 heterocycles. The van der Waals surface area contributed by atoms with Gasteiger partial charge in [-0.25, -0.2) is 4.79 Å². The van der Waals surface area contributed by atoms with Gasteiger partial charge in [-0.3, -0.25) is 4.79 Å². The van der Waals surface area contributed by atoms with Gasteiger partial charge < -0.3 is 20.9 Å². The molecule has 1 saturated carbocycles. The molecular weight excluding hydrogens is 304 g/mol. The Kier molecular flexibility index (Phi) is 5.23. The van der Waals surface area contributed by atoms with Crippen LogP contribution in [0.4, 0.5) is 10.5 Å². The number of benzene rings is 1. The smallest absolute Gasteiger partial charge is 0.317 e. The molecule has 0 radical (unpaired) electrons. The number of urea groups is 1. The Morgan fingerprint density at radius 1 is 0.958 bits per heavy atom. The van der Waals surface area contributed by atoms with Crippen molar-refractivity contribution in [2.75, 3.05) is 31.9 Å². The van der Waals surface area contributed by atoms with Crippen molar-refractivity contribution in [3.8, 4) is 0 Å². The third-order valence-electron chi connectivity index (χ3n) is 4.98. The van der Waals surface area contributed by atoms with Crippen LogP contribution in [0.2, 0.25) is 0 Å². The van der Waals surface area contributed by atoms with Crippen LogP contribution >= 0.6 is 0 Å². The highest BCUT2D eigenvalue weighted by atomic mass is 16.2.